The second-order valence-corrected chi connectivity index (χ2v) is 5.74. The minimum Gasteiger partial charge on any atom is -0.343 e. The van der Waals surface area contributed by atoms with Crippen molar-refractivity contribution >= 4 is 21.7 Å². The van der Waals surface area contributed by atoms with E-state index in [-0.39, 0.29) is 0 Å². The lowest BCUT2D eigenvalue weighted by molar-refractivity contribution is 0.763. The van der Waals surface area contributed by atoms with E-state index < -0.39 is 0 Å². The molecule has 1 aliphatic rings. The molecule has 1 unspecified atom stereocenters. The van der Waals surface area contributed by atoms with Crippen molar-refractivity contribution in [2.45, 2.75) is 12.3 Å². The highest BCUT2D eigenvalue weighted by Gasteiger charge is 2.15. The maximum atomic E-state index is 4.22. The molecule has 102 valence electrons. The van der Waals surface area contributed by atoms with Crippen molar-refractivity contribution < 1.29 is 0 Å². The molecular formula is C16H16BrN3. The quantitative estimate of drug-likeness (QED) is 0.913. The predicted molar refractivity (Wildman–Crippen MR) is 85.6 cm³/mol. The first-order chi connectivity index (χ1) is 9.74. The molecule has 1 aromatic carbocycles. The number of halogens is 1. The first-order valence-corrected chi connectivity index (χ1v) is 7.40. The van der Waals surface area contributed by atoms with Gasteiger partial charge in [-0.05, 0) is 34.0 Å². The van der Waals surface area contributed by atoms with Gasteiger partial charge in [-0.3, -0.25) is 4.68 Å². The Hall–Kier alpha value is -1.81. The molecule has 0 spiro atoms. The number of allylic oxidation sites excluding steroid dienone is 4. The summed E-state index contributed by atoms with van der Waals surface area (Å²) in [6, 6.07) is 10.6. The van der Waals surface area contributed by atoms with Gasteiger partial charge >= 0.3 is 0 Å². The Morgan fingerprint density at radius 3 is 2.80 bits per heavy atom. The molecule has 0 radical (unpaired) electrons. The molecule has 20 heavy (non-hydrogen) atoms. The maximum absolute atomic E-state index is 4.22. The molecule has 1 aliphatic carbocycles. The van der Waals surface area contributed by atoms with Crippen LogP contribution in [0.4, 0.5) is 5.82 Å². The number of benzene rings is 1. The largest absolute Gasteiger partial charge is 0.343 e. The van der Waals surface area contributed by atoms with Gasteiger partial charge in [0.15, 0.2) is 0 Å². The van der Waals surface area contributed by atoms with Crippen LogP contribution in [0.15, 0.2) is 64.9 Å². The second kappa shape index (κ2) is 5.67. The molecule has 1 N–H and O–H groups in total. The van der Waals surface area contributed by atoms with Crippen LogP contribution in [0.2, 0.25) is 0 Å². The summed E-state index contributed by atoms with van der Waals surface area (Å²) < 4.78 is 2.81. The van der Waals surface area contributed by atoms with Gasteiger partial charge in [0, 0.05) is 18.7 Å². The Morgan fingerprint density at radius 1 is 1.30 bits per heavy atom. The molecule has 3 nitrogen and oxygen atoms in total. The number of nitrogens with one attached hydrogen (secondary N) is 1. The van der Waals surface area contributed by atoms with E-state index in [1.807, 2.05) is 11.7 Å². The molecule has 1 atom stereocenters. The molecule has 0 bridgehead atoms. The number of anilines is 1. The van der Waals surface area contributed by atoms with Gasteiger partial charge in [0.25, 0.3) is 0 Å². The Morgan fingerprint density at radius 2 is 2.10 bits per heavy atom. The zero-order valence-electron chi connectivity index (χ0n) is 11.3. The van der Waals surface area contributed by atoms with E-state index in [0.29, 0.717) is 5.92 Å². The van der Waals surface area contributed by atoms with Gasteiger partial charge in [0.1, 0.15) is 5.82 Å². The topological polar surface area (TPSA) is 29.9 Å². The molecule has 0 amide bonds. The molecule has 0 aliphatic heterocycles. The fourth-order valence-electron chi connectivity index (χ4n) is 2.40. The molecule has 1 heterocycles. The summed E-state index contributed by atoms with van der Waals surface area (Å²) >= 11 is 3.51. The van der Waals surface area contributed by atoms with E-state index in [1.165, 1.54) is 11.3 Å². The molecule has 0 fully saturated rings. The fraction of sp³-hybridized carbons (Fsp3) is 0.188. The number of hydrogen-bond donors (Lipinski definition) is 1. The SMILES string of the molecule is Cn1ncc(Br)c1NC1=CC=CC(c2ccccc2)C1. The molecule has 1 aromatic heterocycles. The van der Waals surface area contributed by atoms with Crippen LogP contribution < -0.4 is 5.32 Å². The van der Waals surface area contributed by atoms with Gasteiger partial charge in [0.05, 0.1) is 10.7 Å². The van der Waals surface area contributed by atoms with Crippen LogP contribution in [-0.4, -0.2) is 9.78 Å². The fourth-order valence-corrected chi connectivity index (χ4v) is 2.85. The van der Waals surface area contributed by atoms with Crippen molar-refractivity contribution in [2.75, 3.05) is 5.32 Å². The van der Waals surface area contributed by atoms with Crippen molar-refractivity contribution in [1.29, 1.82) is 0 Å². The summed E-state index contributed by atoms with van der Waals surface area (Å²) in [6.07, 6.45) is 9.26. The van der Waals surface area contributed by atoms with Crippen LogP contribution in [0.1, 0.15) is 17.9 Å². The lowest BCUT2D eigenvalue weighted by Gasteiger charge is -2.20. The van der Waals surface area contributed by atoms with Crippen LogP contribution in [-0.2, 0) is 7.05 Å². The normalized spacial score (nSPS) is 17.9. The predicted octanol–water partition coefficient (Wildman–Crippen LogP) is 4.22. The van der Waals surface area contributed by atoms with Crippen LogP contribution in [0.5, 0.6) is 0 Å². The van der Waals surface area contributed by atoms with Gasteiger partial charge in [0.2, 0.25) is 0 Å². The van der Waals surface area contributed by atoms with Crippen molar-refractivity contribution in [3.8, 4) is 0 Å². The molecule has 0 saturated carbocycles. The number of rotatable bonds is 3. The highest BCUT2D eigenvalue weighted by atomic mass is 79.9. The highest BCUT2D eigenvalue weighted by molar-refractivity contribution is 9.10. The van der Waals surface area contributed by atoms with Crippen LogP contribution in [0.3, 0.4) is 0 Å². The first kappa shape index (κ1) is 13.2. The first-order valence-electron chi connectivity index (χ1n) is 6.61. The van der Waals surface area contributed by atoms with Crippen molar-refractivity contribution in [3.05, 3.63) is 70.5 Å². The van der Waals surface area contributed by atoms with E-state index in [2.05, 4.69) is 74.9 Å². The van der Waals surface area contributed by atoms with Gasteiger partial charge < -0.3 is 5.32 Å². The van der Waals surface area contributed by atoms with E-state index in [1.54, 1.807) is 6.20 Å². The summed E-state index contributed by atoms with van der Waals surface area (Å²) in [4.78, 5) is 0. The summed E-state index contributed by atoms with van der Waals surface area (Å²) in [6.45, 7) is 0. The summed E-state index contributed by atoms with van der Waals surface area (Å²) in [5.41, 5.74) is 2.55. The van der Waals surface area contributed by atoms with E-state index in [0.717, 1.165) is 16.7 Å². The lowest BCUT2D eigenvalue weighted by Crippen LogP contribution is -2.10. The van der Waals surface area contributed by atoms with Gasteiger partial charge in [-0.2, -0.15) is 5.10 Å². The number of hydrogen-bond acceptors (Lipinski definition) is 2. The third-order valence-corrected chi connectivity index (χ3v) is 4.06. The Labute approximate surface area is 127 Å². The van der Waals surface area contributed by atoms with E-state index >= 15 is 0 Å². The second-order valence-electron chi connectivity index (χ2n) is 4.89. The average Bonchev–Trinajstić information content (AvgIpc) is 2.80. The van der Waals surface area contributed by atoms with Crippen LogP contribution in [0, 0.1) is 0 Å². The minimum absolute atomic E-state index is 0.427. The molecule has 2 aromatic rings. The number of aromatic nitrogens is 2. The van der Waals surface area contributed by atoms with E-state index in [4.69, 9.17) is 0 Å². The molecular weight excluding hydrogens is 314 g/mol. The van der Waals surface area contributed by atoms with Crippen molar-refractivity contribution in [2.24, 2.45) is 7.05 Å². The van der Waals surface area contributed by atoms with Gasteiger partial charge in [-0.15, -0.1) is 0 Å². The zero-order valence-corrected chi connectivity index (χ0v) is 12.8. The van der Waals surface area contributed by atoms with Gasteiger partial charge in [-0.25, -0.2) is 0 Å². The maximum Gasteiger partial charge on any atom is 0.142 e. The molecule has 4 heteroatoms. The highest BCUT2D eigenvalue weighted by Crippen LogP contribution is 2.30. The third kappa shape index (κ3) is 2.70. The zero-order chi connectivity index (χ0) is 13.9. The molecule has 3 rings (SSSR count). The van der Waals surface area contributed by atoms with Crippen molar-refractivity contribution in [1.82, 2.24) is 9.78 Å². The smallest absolute Gasteiger partial charge is 0.142 e. The summed E-state index contributed by atoms with van der Waals surface area (Å²) in [5, 5.41) is 7.68. The monoisotopic (exact) mass is 329 g/mol. The lowest BCUT2D eigenvalue weighted by atomic mass is 9.91. The number of nitrogens with zero attached hydrogens (tertiary/aromatic N) is 2. The Kier molecular flexibility index (Phi) is 3.74. The minimum atomic E-state index is 0.427. The number of aryl methyl sites for hydroxylation is 1. The summed E-state index contributed by atoms with van der Waals surface area (Å²) in [5.74, 6) is 1.41. The standard InChI is InChI=1S/C16H16BrN3/c1-20-16(15(17)11-18-20)19-14-9-5-8-13(10-14)12-6-3-2-4-7-12/h2-9,11,13,19H,10H2,1H3. The van der Waals surface area contributed by atoms with Crippen molar-refractivity contribution in [3.63, 3.8) is 0 Å². The Balaban J connectivity index is 1.77. The summed E-state index contributed by atoms with van der Waals surface area (Å²) in [7, 11) is 1.93. The van der Waals surface area contributed by atoms with Crippen LogP contribution in [0.25, 0.3) is 0 Å². The van der Waals surface area contributed by atoms with E-state index in [9.17, 15) is 0 Å². The van der Waals surface area contributed by atoms with Gasteiger partial charge in [-0.1, -0.05) is 42.5 Å². The van der Waals surface area contributed by atoms with Crippen LogP contribution >= 0.6 is 15.9 Å². The third-order valence-electron chi connectivity index (χ3n) is 3.48. The molecule has 0 saturated heterocycles. The Bertz CT molecular complexity index is 636. The average molecular weight is 330 g/mol.